The Hall–Kier alpha value is -3.35. The fourth-order valence-electron chi connectivity index (χ4n) is 3.94. The molecule has 5 nitrogen and oxygen atoms in total. The second kappa shape index (κ2) is 9.85. The van der Waals surface area contributed by atoms with E-state index in [9.17, 15) is 13.6 Å². The van der Waals surface area contributed by atoms with Gasteiger partial charge in [-0.1, -0.05) is 6.92 Å². The largest absolute Gasteiger partial charge is 0.355 e. The average Bonchev–Trinajstić information content (AvgIpc) is 2.80. The summed E-state index contributed by atoms with van der Waals surface area (Å²) in [5.41, 5.74) is 2.71. The van der Waals surface area contributed by atoms with Crippen LogP contribution in [-0.2, 0) is 4.79 Å². The summed E-state index contributed by atoms with van der Waals surface area (Å²) in [6, 6.07) is 12.4. The van der Waals surface area contributed by atoms with Gasteiger partial charge in [-0.25, -0.2) is 13.8 Å². The van der Waals surface area contributed by atoms with Gasteiger partial charge in [-0.3, -0.25) is 9.78 Å². The van der Waals surface area contributed by atoms with E-state index in [2.05, 4.69) is 15.2 Å². The molecule has 3 aromatic rings. The minimum Gasteiger partial charge on any atom is -0.355 e. The molecule has 1 fully saturated rings. The van der Waals surface area contributed by atoms with E-state index in [4.69, 9.17) is 4.98 Å². The zero-order valence-electron chi connectivity index (χ0n) is 18.0. The molecule has 0 spiro atoms. The topological polar surface area (TPSA) is 58.1 Å². The van der Waals surface area contributed by atoms with Crippen LogP contribution in [0, 0.1) is 11.6 Å². The van der Waals surface area contributed by atoms with Gasteiger partial charge in [-0.15, -0.1) is 0 Å². The van der Waals surface area contributed by atoms with Gasteiger partial charge in [0.15, 0.2) is 0 Å². The number of amides is 1. The highest BCUT2D eigenvalue weighted by molar-refractivity contribution is 5.79. The molecule has 4 rings (SSSR count). The quantitative estimate of drug-likeness (QED) is 0.593. The lowest BCUT2D eigenvalue weighted by Crippen LogP contribution is -2.45. The standard InChI is InChI=1S/C25H26F2N4O/c1-2-3-23(32)29-21-12-14-31(15-13-21)22-16-28-24(17-4-8-19(26)9-5-17)25(30-22)18-6-10-20(27)11-7-18/h4-11,16,21H,2-3,12-15H2,1H3,(H,29,32). The molecule has 0 saturated carbocycles. The summed E-state index contributed by atoms with van der Waals surface area (Å²) in [5.74, 6) is 0.186. The van der Waals surface area contributed by atoms with Crippen molar-refractivity contribution in [2.75, 3.05) is 18.0 Å². The number of nitrogens with zero attached hydrogens (tertiary/aromatic N) is 3. The Morgan fingerprint density at radius 1 is 0.969 bits per heavy atom. The highest BCUT2D eigenvalue weighted by Crippen LogP contribution is 2.31. The predicted octanol–water partition coefficient (Wildman–Crippen LogP) is 4.97. The minimum atomic E-state index is -0.326. The number of hydrogen-bond donors (Lipinski definition) is 1. The molecule has 0 unspecified atom stereocenters. The molecular formula is C25H26F2N4O. The predicted molar refractivity (Wildman–Crippen MR) is 121 cm³/mol. The highest BCUT2D eigenvalue weighted by Gasteiger charge is 2.23. The number of piperidine rings is 1. The highest BCUT2D eigenvalue weighted by atomic mass is 19.1. The molecule has 7 heteroatoms. The first-order valence-corrected chi connectivity index (χ1v) is 11.0. The van der Waals surface area contributed by atoms with Crippen molar-refractivity contribution in [2.24, 2.45) is 0 Å². The maximum Gasteiger partial charge on any atom is 0.220 e. The van der Waals surface area contributed by atoms with Crippen LogP contribution >= 0.6 is 0 Å². The van der Waals surface area contributed by atoms with Gasteiger partial charge in [0.1, 0.15) is 17.5 Å². The van der Waals surface area contributed by atoms with Crippen LogP contribution in [0.1, 0.15) is 32.6 Å². The van der Waals surface area contributed by atoms with Crippen molar-refractivity contribution in [1.82, 2.24) is 15.3 Å². The molecule has 166 valence electrons. The Balaban J connectivity index is 1.59. The maximum absolute atomic E-state index is 13.5. The molecule has 1 aromatic heterocycles. The minimum absolute atomic E-state index is 0.105. The third-order valence-corrected chi connectivity index (χ3v) is 5.66. The van der Waals surface area contributed by atoms with Crippen LogP contribution in [0.2, 0.25) is 0 Å². The Kier molecular flexibility index (Phi) is 6.73. The number of carbonyl (C=O) groups is 1. The van der Waals surface area contributed by atoms with Gasteiger partial charge in [0.25, 0.3) is 0 Å². The fraction of sp³-hybridized carbons (Fsp3) is 0.320. The molecular weight excluding hydrogens is 410 g/mol. The van der Waals surface area contributed by atoms with Crippen LogP contribution in [0.3, 0.4) is 0 Å². The van der Waals surface area contributed by atoms with Gasteiger partial charge < -0.3 is 10.2 Å². The molecule has 2 heterocycles. The van der Waals surface area contributed by atoms with Crippen molar-refractivity contribution in [2.45, 2.75) is 38.6 Å². The van der Waals surface area contributed by atoms with Crippen molar-refractivity contribution >= 4 is 11.7 Å². The number of rotatable bonds is 6. The summed E-state index contributed by atoms with van der Waals surface area (Å²) in [4.78, 5) is 23.6. The van der Waals surface area contributed by atoms with Crippen molar-refractivity contribution in [3.8, 4) is 22.5 Å². The zero-order chi connectivity index (χ0) is 22.5. The molecule has 1 saturated heterocycles. The fourth-order valence-corrected chi connectivity index (χ4v) is 3.94. The van der Waals surface area contributed by atoms with E-state index >= 15 is 0 Å². The van der Waals surface area contributed by atoms with Crippen LogP contribution in [0.15, 0.2) is 54.7 Å². The van der Waals surface area contributed by atoms with Crippen LogP contribution in [-0.4, -0.2) is 35.0 Å². The molecule has 0 radical (unpaired) electrons. The molecule has 0 bridgehead atoms. The Bertz CT molecular complexity index is 1060. The van der Waals surface area contributed by atoms with E-state index in [1.54, 1.807) is 30.5 Å². The maximum atomic E-state index is 13.5. The summed E-state index contributed by atoms with van der Waals surface area (Å²) in [6.07, 6.45) is 4.79. The summed E-state index contributed by atoms with van der Waals surface area (Å²) in [6.45, 7) is 3.50. The Labute approximate surface area is 186 Å². The summed E-state index contributed by atoms with van der Waals surface area (Å²) in [5, 5.41) is 3.10. The molecule has 1 N–H and O–H groups in total. The monoisotopic (exact) mass is 436 g/mol. The number of anilines is 1. The number of halogens is 2. The van der Waals surface area contributed by atoms with Crippen molar-refractivity contribution in [3.05, 3.63) is 66.4 Å². The normalized spacial score (nSPS) is 14.4. The smallest absolute Gasteiger partial charge is 0.220 e. The summed E-state index contributed by atoms with van der Waals surface area (Å²) < 4.78 is 26.9. The lowest BCUT2D eigenvalue weighted by molar-refractivity contribution is -0.121. The first-order valence-electron chi connectivity index (χ1n) is 11.0. The van der Waals surface area contributed by atoms with Crippen LogP contribution < -0.4 is 10.2 Å². The number of aromatic nitrogens is 2. The van der Waals surface area contributed by atoms with E-state index in [0.717, 1.165) is 49.3 Å². The van der Waals surface area contributed by atoms with Crippen molar-refractivity contribution in [1.29, 1.82) is 0 Å². The van der Waals surface area contributed by atoms with Gasteiger partial charge >= 0.3 is 0 Å². The summed E-state index contributed by atoms with van der Waals surface area (Å²) >= 11 is 0. The lowest BCUT2D eigenvalue weighted by atomic mass is 10.0. The number of benzene rings is 2. The molecule has 1 amide bonds. The number of nitrogens with one attached hydrogen (secondary N) is 1. The molecule has 32 heavy (non-hydrogen) atoms. The third-order valence-electron chi connectivity index (χ3n) is 5.66. The summed E-state index contributed by atoms with van der Waals surface area (Å²) in [7, 11) is 0. The van der Waals surface area contributed by atoms with Gasteiger partial charge in [0.05, 0.1) is 17.6 Å². The molecule has 2 aromatic carbocycles. The lowest BCUT2D eigenvalue weighted by Gasteiger charge is -2.33. The van der Waals surface area contributed by atoms with Crippen molar-refractivity contribution < 1.29 is 13.6 Å². The van der Waals surface area contributed by atoms with Gasteiger partial charge in [0, 0.05) is 36.7 Å². The second-order valence-electron chi connectivity index (χ2n) is 8.02. The first-order chi connectivity index (χ1) is 15.5. The van der Waals surface area contributed by atoms with E-state index in [0.29, 0.717) is 17.8 Å². The van der Waals surface area contributed by atoms with Crippen LogP contribution in [0.5, 0.6) is 0 Å². The second-order valence-corrected chi connectivity index (χ2v) is 8.02. The van der Waals surface area contributed by atoms with Crippen LogP contribution in [0.25, 0.3) is 22.5 Å². The van der Waals surface area contributed by atoms with Gasteiger partial charge in [-0.05, 0) is 67.8 Å². The molecule has 0 atom stereocenters. The van der Waals surface area contributed by atoms with E-state index < -0.39 is 0 Å². The van der Waals surface area contributed by atoms with Gasteiger partial charge in [0.2, 0.25) is 5.91 Å². The molecule has 1 aliphatic heterocycles. The number of hydrogen-bond acceptors (Lipinski definition) is 4. The average molecular weight is 437 g/mol. The zero-order valence-corrected chi connectivity index (χ0v) is 18.0. The Morgan fingerprint density at radius 3 is 2.09 bits per heavy atom. The van der Waals surface area contributed by atoms with Crippen LogP contribution in [0.4, 0.5) is 14.6 Å². The third kappa shape index (κ3) is 5.10. The first kappa shape index (κ1) is 21.9. The molecule has 1 aliphatic rings. The van der Waals surface area contributed by atoms with Gasteiger partial charge in [-0.2, -0.15) is 0 Å². The van der Waals surface area contributed by atoms with E-state index in [-0.39, 0.29) is 23.6 Å². The van der Waals surface area contributed by atoms with Crippen molar-refractivity contribution in [3.63, 3.8) is 0 Å². The van der Waals surface area contributed by atoms with E-state index in [1.165, 1.54) is 24.3 Å². The SMILES string of the molecule is CCCC(=O)NC1CCN(c2cnc(-c3ccc(F)cc3)c(-c3ccc(F)cc3)n2)CC1. The number of carbonyl (C=O) groups excluding carboxylic acids is 1. The Morgan fingerprint density at radius 2 is 1.53 bits per heavy atom. The molecule has 0 aliphatic carbocycles. The van der Waals surface area contributed by atoms with E-state index in [1.807, 2.05) is 6.92 Å².